The highest BCUT2D eigenvalue weighted by atomic mass is 32.2. The molecule has 5 aromatic rings. The van der Waals surface area contributed by atoms with E-state index in [0.29, 0.717) is 16.3 Å². The van der Waals surface area contributed by atoms with Crippen molar-refractivity contribution in [1.82, 2.24) is 8.96 Å². The molecule has 2 aromatic heterocycles. The van der Waals surface area contributed by atoms with Gasteiger partial charge in [0.25, 0.3) is 10.0 Å². The predicted octanol–water partition coefficient (Wildman–Crippen LogP) is 4.50. The molecule has 0 unspecified atom stereocenters. The molecule has 0 radical (unpaired) electrons. The van der Waals surface area contributed by atoms with Crippen LogP contribution in [-0.2, 0) is 19.9 Å². The first-order valence-corrected chi connectivity index (χ1v) is 12.5. The van der Waals surface area contributed by atoms with Gasteiger partial charge >= 0.3 is 0 Å². The summed E-state index contributed by atoms with van der Waals surface area (Å²) < 4.78 is 54.5. The highest BCUT2D eigenvalue weighted by Gasteiger charge is 2.27. The second kappa shape index (κ2) is 6.83. The lowest BCUT2D eigenvalue weighted by molar-refractivity contribution is 0.588. The van der Waals surface area contributed by atoms with E-state index in [1.165, 1.54) is 22.2 Å². The summed E-state index contributed by atoms with van der Waals surface area (Å²) in [6.45, 7) is 1.88. The van der Waals surface area contributed by atoms with Crippen LogP contribution in [0, 0.1) is 6.92 Å². The normalized spacial score (nSPS) is 12.5. The van der Waals surface area contributed by atoms with Gasteiger partial charge < -0.3 is 4.98 Å². The Kier molecular flexibility index (Phi) is 4.32. The van der Waals surface area contributed by atoms with E-state index in [2.05, 4.69) is 4.98 Å². The van der Waals surface area contributed by atoms with Crippen molar-refractivity contribution < 1.29 is 16.8 Å². The number of H-pyrrole nitrogens is 1. The van der Waals surface area contributed by atoms with Gasteiger partial charge in [-0.25, -0.2) is 20.8 Å². The number of aromatic amines is 1. The first kappa shape index (κ1) is 19.6. The van der Waals surface area contributed by atoms with Gasteiger partial charge in [-0.15, -0.1) is 0 Å². The van der Waals surface area contributed by atoms with Gasteiger partial charge in [0.2, 0.25) is 9.84 Å². The van der Waals surface area contributed by atoms with Gasteiger partial charge in [-0.05, 0) is 43.3 Å². The summed E-state index contributed by atoms with van der Waals surface area (Å²) in [7, 11) is -7.81. The molecule has 2 heterocycles. The van der Waals surface area contributed by atoms with E-state index < -0.39 is 19.9 Å². The number of nitrogens with one attached hydrogen (secondary N) is 1. The van der Waals surface area contributed by atoms with Crippen molar-refractivity contribution in [1.29, 1.82) is 0 Å². The summed E-state index contributed by atoms with van der Waals surface area (Å²) in [5, 5.41) is 1.13. The van der Waals surface area contributed by atoms with Crippen LogP contribution in [0.2, 0.25) is 0 Å². The molecule has 8 heteroatoms. The third kappa shape index (κ3) is 2.98. The number of fused-ring (bicyclic) bond motifs is 3. The van der Waals surface area contributed by atoms with Crippen LogP contribution in [-0.4, -0.2) is 25.8 Å². The van der Waals surface area contributed by atoms with Crippen LogP contribution < -0.4 is 0 Å². The average molecular weight is 451 g/mol. The first-order valence-electron chi connectivity index (χ1n) is 9.55. The molecule has 5 rings (SSSR count). The number of nitrogens with zero attached hydrogens (tertiary/aromatic N) is 1. The predicted molar refractivity (Wildman–Crippen MR) is 119 cm³/mol. The molecule has 0 fully saturated rings. The van der Waals surface area contributed by atoms with Crippen molar-refractivity contribution in [2.45, 2.75) is 21.7 Å². The second-order valence-electron chi connectivity index (χ2n) is 7.31. The van der Waals surface area contributed by atoms with E-state index in [1.54, 1.807) is 66.7 Å². The third-order valence-corrected chi connectivity index (χ3v) is 8.71. The molecule has 0 bridgehead atoms. The minimum Gasteiger partial charge on any atom is -0.331 e. The average Bonchev–Trinajstić information content (AvgIpc) is 3.32. The number of aryl methyl sites for hydroxylation is 1. The molecule has 3 aromatic carbocycles. The Balaban J connectivity index is 1.81. The number of hydrogen-bond donors (Lipinski definition) is 1. The molecule has 0 aliphatic carbocycles. The SMILES string of the molecule is Cc1ccc(S(=O)(=O)c2cc3c4ccccc4n(S(=O)(=O)c4ccccc4)c3[nH]2)cc1. The third-order valence-electron chi connectivity index (χ3n) is 5.29. The van der Waals surface area contributed by atoms with Crippen LogP contribution in [0.3, 0.4) is 0 Å². The summed E-state index contributed by atoms with van der Waals surface area (Å²) in [6, 6.07) is 23.2. The molecule has 1 N–H and O–H groups in total. The van der Waals surface area contributed by atoms with E-state index in [-0.39, 0.29) is 20.5 Å². The molecule has 0 saturated carbocycles. The molecule has 0 spiro atoms. The van der Waals surface area contributed by atoms with Gasteiger partial charge in [0.1, 0.15) is 10.7 Å². The van der Waals surface area contributed by atoms with Gasteiger partial charge in [0, 0.05) is 10.8 Å². The Morgan fingerprint density at radius 1 is 0.710 bits per heavy atom. The van der Waals surface area contributed by atoms with E-state index in [0.717, 1.165) is 5.56 Å². The van der Waals surface area contributed by atoms with Gasteiger partial charge in [0.15, 0.2) is 0 Å². The van der Waals surface area contributed by atoms with Gasteiger partial charge in [0.05, 0.1) is 15.3 Å². The molecule has 6 nitrogen and oxygen atoms in total. The zero-order chi connectivity index (χ0) is 21.8. The van der Waals surface area contributed by atoms with Crippen molar-refractivity contribution in [3.8, 4) is 0 Å². The Bertz CT molecular complexity index is 1650. The number of hydrogen-bond acceptors (Lipinski definition) is 4. The summed E-state index contributed by atoms with van der Waals surface area (Å²) in [5.74, 6) is 0. The van der Waals surface area contributed by atoms with Crippen LogP contribution in [0.1, 0.15) is 5.56 Å². The maximum Gasteiger partial charge on any atom is 0.269 e. The van der Waals surface area contributed by atoms with Crippen LogP contribution in [0.4, 0.5) is 0 Å². The van der Waals surface area contributed by atoms with Crippen LogP contribution >= 0.6 is 0 Å². The van der Waals surface area contributed by atoms with Crippen molar-refractivity contribution >= 4 is 41.8 Å². The lowest BCUT2D eigenvalue weighted by Gasteiger charge is -2.09. The molecule has 31 heavy (non-hydrogen) atoms. The zero-order valence-electron chi connectivity index (χ0n) is 16.5. The quantitative estimate of drug-likeness (QED) is 0.437. The molecule has 0 aliphatic heterocycles. The number of rotatable bonds is 4. The van der Waals surface area contributed by atoms with E-state index >= 15 is 0 Å². The maximum absolute atomic E-state index is 13.5. The summed E-state index contributed by atoms with van der Waals surface area (Å²) in [4.78, 5) is 3.14. The number of para-hydroxylation sites is 1. The van der Waals surface area contributed by atoms with E-state index in [1.807, 2.05) is 6.92 Å². The molecule has 0 saturated heterocycles. The number of sulfone groups is 1. The Hall–Kier alpha value is -3.36. The topological polar surface area (TPSA) is 89.0 Å². The van der Waals surface area contributed by atoms with Crippen molar-refractivity contribution in [2.24, 2.45) is 0 Å². The maximum atomic E-state index is 13.5. The van der Waals surface area contributed by atoms with E-state index in [4.69, 9.17) is 0 Å². The summed E-state index contributed by atoms with van der Waals surface area (Å²) in [6.07, 6.45) is 0. The fourth-order valence-corrected chi connectivity index (χ4v) is 6.49. The molecular formula is C23H18N2O4S2. The summed E-state index contributed by atoms with van der Waals surface area (Å²) in [5.41, 5.74) is 1.64. The van der Waals surface area contributed by atoms with Crippen LogP contribution in [0.5, 0.6) is 0 Å². The minimum atomic E-state index is -3.96. The van der Waals surface area contributed by atoms with Crippen molar-refractivity contribution in [3.05, 3.63) is 90.5 Å². The molecule has 0 amide bonds. The minimum absolute atomic E-state index is 0.0517. The first-order chi connectivity index (χ1) is 14.8. The number of aromatic nitrogens is 2. The highest BCUT2D eigenvalue weighted by molar-refractivity contribution is 7.91. The van der Waals surface area contributed by atoms with Gasteiger partial charge in [-0.1, -0.05) is 54.1 Å². The standard InChI is InChI=1S/C23H18N2O4S2/c1-16-11-13-17(14-12-16)30(26,27)22-15-20-19-9-5-6-10-21(19)25(23(20)24-22)31(28,29)18-7-3-2-4-8-18/h2-15,24H,1H3. The van der Waals surface area contributed by atoms with E-state index in [9.17, 15) is 16.8 Å². The monoisotopic (exact) mass is 450 g/mol. The molecule has 156 valence electrons. The lowest BCUT2D eigenvalue weighted by atomic mass is 10.2. The fourth-order valence-electron chi connectivity index (χ4n) is 3.72. The summed E-state index contributed by atoms with van der Waals surface area (Å²) >= 11 is 0. The molecule has 0 atom stereocenters. The Morgan fingerprint density at radius 2 is 1.35 bits per heavy atom. The second-order valence-corrected chi connectivity index (χ2v) is 11.0. The smallest absolute Gasteiger partial charge is 0.269 e. The van der Waals surface area contributed by atoms with Crippen LogP contribution in [0.15, 0.2) is 99.7 Å². The van der Waals surface area contributed by atoms with Crippen LogP contribution in [0.25, 0.3) is 21.9 Å². The number of benzene rings is 3. The Morgan fingerprint density at radius 3 is 2.06 bits per heavy atom. The Labute approximate surface area is 179 Å². The molecule has 0 aliphatic rings. The highest BCUT2D eigenvalue weighted by Crippen LogP contribution is 2.35. The van der Waals surface area contributed by atoms with Crippen molar-refractivity contribution in [3.63, 3.8) is 0 Å². The van der Waals surface area contributed by atoms with Crippen molar-refractivity contribution in [2.75, 3.05) is 0 Å². The van der Waals surface area contributed by atoms with Gasteiger partial charge in [-0.3, -0.25) is 0 Å². The van der Waals surface area contributed by atoms with Gasteiger partial charge in [-0.2, -0.15) is 0 Å². The lowest BCUT2D eigenvalue weighted by Crippen LogP contribution is -2.13. The largest absolute Gasteiger partial charge is 0.331 e. The zero-order valence-corrected chi connectivity index (χ0v) is 18.1. The molecular weight excluding hydrogens is 432 g/mol. The fraction of sp³-hybridized carbons (Fsp3) is 0.0435.